The van der Waals surface area contributed by atoms with Gasteiger partial charge in [-0.3, -0.25) is 0 Å². The van der Waals surface area contributed by atoms with Gasteiger partial charge in [0.1, 0.15) is 0 Å². The standard InChI is InChI=1S/C30H15NS2/c1-3-10-26-16(6-1)22-12-24-20(14-28(22)32-26)18-8-5-9-19-21-15-29-23(13-25(21)31(24)30(18)19)17-7-2-4-11-27(17)33-29/h1-15H. The third kappa shape index (κ3) is 1.95. The van der Waals surface area contributed by atoms with Gasteiger partial charge >= 0.3 is 0 Å². The Morgan fingerprint density at radius 1 is 0.394 bits per heavy atom. The van der Waals surface area contributed by atoms with E-state index in [9.17, 15) is 0 Å². The van der Waals surface area contributed by atoms with Gasteiger partial charge in [0.2, 0.25) is 0 Å². The van der Waals surface area contributed by atoms with Crippen molar-refractivity contribution in [1.82, 2.24) is 4.40 Å². The van der Waals surface area contributed by atoms with Gasteiger partial charge in [0.25, 0.3) is 0 Å². The van der Waals surface area contributed by atoms with E-state index in [4.69, 9.17) is 0 Å². The summed E-state index contributed by atoms with van der Waals surface area (Å²) in [6.07, 6.45) is 0. The van der Waals surface area contributed by atoms with E-state index in [0.717, 1.165) is 0 Å². The van der Waals surface area contributed by atoms with Gasteiger partial charge in [-0.05, 0) is 36.4 Å². The SMILES string of the molecule is c1ccc2c(c1)sc1cc3c4cccc5c6cc7sc8ccccc8c7cc6n(c3cc12)c45. The minimum absolute atomic E-state index is 1.31. The molecule has 9 aromatic rings. The van der Waals surface area contributed by atoms with Gasteiger partial charge in [0.05, 0.1) is 16.6 Å². The van der Waals surface area contributed by atoms with Crippen LogP contribution in [0.5, 0.6) is 0 Å². The van der Waals surface area contributed by atoms with Crippen molar-refractivity contribution in [1.29, 1.82) is 0 Å². The van der Waals surface area contributed by atoms with Crippen LogP contribution >= 0.6 is 22.7 Å². The van der Waals surface area contributed by atoms with E-state index in [-0.39, 0.29) is 0 Å². The summed E-state index contributed by atoms with van der Waals surface area (Å²) in [5.41, 5.74) is 3.98. The fraction of sp³-hybridized carbons (Fsp3) is 0. The van der Waals surface area contributed by atoms with Crippen LogP contribution in [0.3, 0.4) is 0 Å². The monoisotopic (exact) mass is 453 g/mol. The van der Waals surface area contributed by atoms with Gasteiger partial charge < -0.3 is 4.40 Å². The molecule has 0 aliphatic heterocycles. The van der Waals surface area contributed by atoms with Gasteiger partial charge in [0.15, 0.2) is 0 Å². The summed E-state index contributed by atoms with van der Waals surface area (Å²) in [7, 11) is 0. The molecule has 33 heavy (non-hydrogen) atoms. The molecule has 4 heterocycles. The topological polar surface area (TPSA) is 4.41 Å². The Morgan fingerprint density at radius 2 is 0.879 bits per heavy atom. The second-order valence-electron chi connectivity index (χ2n) is 8.96. The number of aromatic nitrogens is 1. The number of hydrogen-bond acceptors (Lipinski definition) is 2. The zero-order chi connectivity index (χ0) is 21.3. The second kappa shape index (κ2) is 5.63. The molecule has 5 aromatic carbocycles. The number of para-hydroxylation sites is 1. The molecule has 0 saturated carbocycles. The van der Waals surface area contributed by atoms with E-state index in [0.29, 0.717) is 0 Å². The quantitative estimate of drug-likeness (QED) is 0.215. The number of nitrogens with zero attached hydrogens (tertiary/aromatic N) is 1. The van der Waals surface area contributed by atoms with Gasteiger partial charge in [0, 0.05) is 61.9 Å². The fourth-order valence-electron chi connectivity index (χ4n) is 5.91. The molecule has 0 fully saturated rings. The molecule has 0 unspecified atom stereocenters. The maximum Gasteiger partial charge on any atom is 0.0620 e. The van der Waals surface area contributed by atoms with Crippen LogP contribution in [0.4, 0.5) is 0 Å². The number of benzene rings is 5. The Hall–Kier alpha value is -3.66. The normalized spacial score (nSPS) is 12.8. The highest BCUT2D eigenvalue weighted by molar-refractivity contribution is 7.26. The first-order valence-electron chi connectivity index (χ1n) is 11.2. The number of fused-ring (bicyclic) bond motifs is 12. The van der Waals surface area contributed by atoms with E-state index < -0.39 is 0 Å². The van der Waals surface area contributed by atoms with Gasteiger partial charge in [-0.1, -0.05) is 54.6 Å². The number of rotatable bonds is 0. The molecule has 4 aromatic heterocycles. The average molecular weight is 454 g/mol. The summed E-state index contributed by atoms with van der Waals surface area (Å²) in [5, 5.41) is 10.8. The summed E-state index contributed by atoms with van der Waals surface area (Å²) >= 11 is 3.80. The van der Waals surface area contributed by atoms with E-state index in [1.165, 1.54) is 78.4 Å². The highest BCUT2D eigenvalue weighted by atomic mass is 32.1. The fourth-order valence-corrected chi connectivity index (χ4v) is 8.17. The minimum atomic E-state index is 1.31. The molecule has 0 atom stereocenters. The van der Waals surface area contributed by atoms with Crippen molar-refractivity contribution in [3.05, 3.63) is 91.0 Å². The van der Waals surface area contributed by atoms with Crippen molar-refractivity contribution >= 4 is 101 Å². The molecule has 9 rings (SSSR count). The summed E-state index contributed by atoms with van der Waals surface area (Å²) in [4.78, 5) is 0. The highest BCUT2D eigenvalue weighted by Crippen LogP contribution is 2.45. The summed E-state index contributed by atoms with van der Waals surface area (Å²) in [6.45, 7) is 0. The maximum atomic E-state index is 2.52. The molecular formula is C30H15NS2. The Balaban J connectivity index is 1.56. The molecular weight excluding hydrogens is 438 g/mol. The van der Waals surface area contributed by atoms with E-state index in [1.807, 2.05) is 22.7 Å². The number of thiophene rings is 2. The molecule has 0 aliphatic rings. The predicted octanol–water partition coefficient (Wildman–Crippen LogP) is 9.57. The zero-order valence-corrected chi connectivity index (χ0v) is 19.1. The lowest BCUT2D eigenvalue weighted by atomic mass is 10.1. The van der Waals surface area contributed by atoms with Crippen LogP contribution in [0.15, 0.2) is 91.0 Å². The summed E-state index contributed by atoms with van der Waals surface area (Å²) < 4.78 is 7.98. The molecule has 0 spiro atoms. The van der Waals surface area contributed by atoms with Crippen LogP contribution in [0.2, 0.25) is 0 Å². The molecule has 3 heteroatoms. The molecule has 0 radical (unpaired) electrons. The summed E-state index contributed by atoms with van der Waals surface area (Å²) in [6, 6.07) is 34.1. The van der Waals surface area contributed by atoms with Crippen molar-refractivity contribution in [2.24, 2.45) is 0 Å². The van der Waals surface area contributed by atoms with E-state index in [1.54, 1.807) is 0 Å². The lowest BCUT2D eigenvalue weighted by Gasteiger charge is -2.00. The molecule has 0 amide bonds. The van der Waals surface area contributed by atoms with Crippen molar-refractivity contribution < 1.29 is 0 Å². The van der Waals surface area contributed by atoms with Crippen LogP contribution in [-0.4, -0.2) is 4.40 Å². The maximum absolute atomic E-state index is 2.52. The molecule has 0 N–H and O–H groups in total. The third-order valence-electron chi connectivity index (χ3n) is 7.31. The Labute approximate surface area is 196 Å². The Kier molecular flexibility index (Phi) is 2.88. The Bertz CT molecular complexity index is 2080. The van der Waals surface area contributed by atoms with Crippen LogP contribution in [0.25, 0.3) is 78.4 Å². The van der Waals surface area contributed by atoms with E-state index in [2.05, 4.69) is 95.4 Å². The van der Waals surface area contributed by atoms with Gasteiger partial charge in [-0.25, -0.2) is 0 Å². The van der Waals surface area contributed by atoms with Crippen LogP contribution in [0, 0.1) is 0 Å². The summed E-state index contributed by atoms with van der Waals surface area (Å²) in [5.74, 6) is 0. The first kappa shape index (κ1) is 16.9. The zero-order valence-electron chi connectivity index (χ0n) is 17.4. The van der Waals surface area contributed by atoms with E-state index >= 15 is 0 Å². The van der Waals surface area contributed by atoms with Gasteiger partial charge in [-0.15, -0.1) is 22.7 Å². The van der Waals surface area contributed by atoms with Crippen molar-refractivity contribution in [3.63, 3.8) is 0 Å². The minimum Gasteiger partial charge on any atom is -0.308 e. The first-order chi connectivity index (χ1) is 16.3. The largest absolute Gasteiger partial charge is 0.308 e. The first-order valence-corrected chi connectivity index (χ1v) is 12.8. The molecule has 152 valence electrons. The smallest absolute Gasteiger partial charge is 0.0620 e. The second-order valence-corrected chi connectivity index (χ2v) is 11.1. The number of hydrogen-bond donors (Lipinski definition) is 0. The van der Waals surface area contributed by atoms with Crippen molar-refractivity contribution in [2.45, 2.75) is 0 Å². The van der Waals surface area contributed by atoms with Gasteiger partial charge in [-0.2, -0.15) is 0 Å². The molecule has 0 bridgehead atoms. The highest BCUT2D eigenvalue weighted by Gasteiger charge is 2.20. The lowest BCUT2D eigenvalue weighted by Crippen LogP contribution is -1.80. The molecule has 0 aliphatic carbocycles. The lowest BCUT2D eigenvalue weighted by molar-refractivity contribution is 1.38. The Morgan fingerprint density at radius 3 is 1.42 bits per heavy atom. The van der Waals surface area contributed by atoms with Crippen LogP contribution in [-0.2, 0) is 0 Å². The predicted molar refractivity (Wildman–Crippen MR) is 147 cm³/mol. The van der Waals surface area contributed by atoms with Crippen molar-refractivity contribution in [2.75, 3.05) is 0 Å². The van der Waals surface area contributed by atoms with Crippen LogP contribution in [0.1, 0.15) is 0 Å². The molecule has 1 nitrogen and oxygen atoms in total. The van der Waals surface area contributed by atoms with Crippen molar-refractivity contribution in [3.8, 4) is 0 Å². The van der Waals surface area contributed by atoms with Crippen LogP contribution < -0.4 is 0 Å². The third-order valence-corrected chi connectivity index (χ3v) is 9.58. The molecule has 0 saturated heterocycles. The average Bonchev–Trinajstić information content (AvgIpc) is 3.57.